The van der Waals surface area contributed by atoms with E-state index in [1.807, 2.05) is 24.3 Å². The second kappa shape index (κ2) is 15.6. The first-order valence-electron chi connectivity index (χ1n) is 18.9. The zero-order chi connectivity index (χ0) is 38.2. The average Bonchev–Trinajstić information content (AvgIpc) is 3.49. The molecule has 54 heavy (non-hydrogen) atoms. The van der Waals surface area contributed by atoms with Gasteiger partial charge in [0.05, 0.1) is 28.9 Å². The van der Waals surface area contributed by atoms with Crippen molar-refractivity contribution >= 4 is 44.5 Å². The van der Waals surface area contributed by atoms with Crippen LogP contribution in [0.15, 0.2) is 41.3 Å². The second-order valence-corrected chi connectivity index (χ2v) is 17.3. The minimum atomic E-state index is -3.47. The number of benzene rings is 1. The number of aromatic nitrogens is 3. The van der Waals surface area contributed by atoms with Crippen molar-refractivity contribution in [3.63, 3.8) is 0 Å². The molecule has 1 aliphatic carbocycles. The maximum atomic E-state index is 13.8. The maximum absolute atomic E-state index is 13.8. The lowest BCUT2D eigenvalue weighted by Crippen LogP contribution is -2.47. The van der Waals surface area contributed by atoms with Crippen LogP contribution in [0.5, 0.6) is 0 Å². The van der Waals surface area contributed by atoms with E-state index < -0.39 is 39.2 Å². The number of carbonyl (C=O) groups excluding carboxylic acids is 2. The molecule has 1 saturated carbocycles. The van der Waals surface area contributed by atoms with E-state index in [2.05, 4.69) is 30.4 Å². The Bertz CT molecular complexity index is 2050. The summed E-state index contributed by atoms with van der Waals surface area (Å²) in [4.78, 5) is 50.6. The Hall–Kier alpha value is -4.06. The fourth-order valence-electron chi connectivity index (χ4n) is 8.43. The molecular formula is C37H48F2N8O6S. The molecule has 0 radical (unpaired) electrons. The fraction of sp³-hybridized carbons (Fsp3) is 0.595. The number of aliphatic hydroxyl groups is 1. The van der Waals surface area contributed by atoms with E-state index in [0.717, 1.165) is 43.5 Å². The van der Waals surface area contributed by atoms with Gasteiger partial charge in [-0.05, 0) is 82.2 Å². The van der Waals surface area contributed by atoms with Gasteiger partial charge in [-0.15, -0.1) is 0 Å². The van der Waals surface area contributed by atoms with Gasteiger partial charge >= 0.3 is 0 Å². The van der Waals surface area contributed by atoms with Gasteiger partial charge in [-0.25, -0.2) is 26.5 Å². The Balaban J connectivity index is 0.893. The number of piperidine rings is 2. The summed E-state index contributed by atoms with van der Waals surface area (Å²) in [5.74, 6) is -0.548. The Morgan fingerprint density at radius 2 is 1.80 bits per heavy atom. The summed E-state index contributed by atoms with van der Waals surface area (Å²) in [6, 6.07) is 8.21. The highest BCUT2D eigenvalue weighted by atomic mass is 32.2. The van der Waals surface area contributed by atoms with Crippen LogP contribution in [0.25, 0.3) is 11.0 Å². The molecule has 3 aliphatic heterocycles. The third kappa shape index (κ3) is 8.14. The molecular weight excluding hydrogens is 723 g/mol. The van der Waals surface area contributed by atoms with Crippen LogP contribution in [0.2, 0.25) is 0 Å². The molecule has 0 bridgehead atoms. The van der Waals surface area contributed by atoms with Crippen molar-refractivity contribution in [1.29, 1.82) is 0 Å². The Morgan fingerprint density at radius 3 is 2.48 bits per heavy atom. The molecule has 2 amide bonds. The molecule has 4 fully saturated rings. The van der Waals surface area contributed by atoms with Crippen LogP contribution < -0.4 is 21.1 Å². The van der Waals surface area contributed by atoms with Crippen LogP contribution in [-0.2, 0) is 19.6 Å². The number of pyridine rings is 1. The molecule has 292 valence electrons. The van der Waals surface area contributed by atoms with Crippen LogP contribution in [0.1, 0.15) is 87.8 Å². The van der Waals surface area contributed by atoms with Gasteiger partial charge < -0.3 is 15.3 Å². The van der Waals surface area contributed by atoms with E-state index in [1.54, 1.807) is 6.92 Å². The third-order valence-corrected chi connectivity index (χ3v) is 13.5. The number of fused-ring (bicyclic) bond motifs is 1. The number of nitrogens with zero attached hydrogens (tertiary/aromatic N) is 6. The highest BCUT2D eigenvalue weighted by Crippen LogP contribution is 2.40. The van der Waals surface area contributed by atoms with E-state index in [4.69, 9.17) is 0 Å². The first-order valence-corrected chi connectivity index (χ1v) is 20.5. The van der Waals surface area contributed by atoms with Gasteiger partial charge in [0.25, 0.3) is 12.0 Å². The first-order chi connectivity index (χ1) is 25.8. The smallest absolute Gasteiger partial charge is 0.269 e. The molecule has 3 atom stereocenters. The SMILES string of the molecule is C[C@@]1(O)CCC[C@H]1n1c(=O)c(C(F)F)cc2cnc(NC3CCN(S(=O)(=O)CCCN4CCN(c5cccc(C6CCC(=O)NC6=O)c5)CC4)CC3)nc21. The van der Waals surface area contributed by atoms with Gasteiger partial charge in [-0.1, -0.05) is 12.1 Å². The van der Waals surface area contributed by atoms with Crippen LogP contribution in [0, 0.1) is 0 Å². The molecule has 2 aromatic heterocycles. The minimum Gasteiger partial charge on any atom is -0.388 e. The number of rotatable bonds is 11. The summed E-state index contributed by atoms with van der Waals surface area (Å²) in [6.45, 7) is 6.08. The molecule has 5 heterocycles. The van der Waals surface area contributed by atoms with E-state index in [9.17, 15) is 36.7 Å². The van der Waals surface area contributed by atoms with E-state index in [1.165, 1.54) is 15.1 Å². The van der Waals surface area contributed by atoms with E-state index >= 15 is 0 Å². The van der Waals surface area contributed by atoms with Gasteiger partial charge in [0.1, 0.15) is 5.65 Å². The Kier molecular flexibility index (Phi) is 11.0. The van der Waals surface area contributed by atoms with Crippen molar-refractivity contribution in [2.75, 3.05) is 61.8 Å². The number of hydrogen-bond donors (Lipinski definition) is 3. The molecule has 1 aromatic carbocycles. The normalized spacial score (nSPS) is 25.1. The van der Waals surface area contributed by atoms with Gasteiger partial charge in [-0.2, -0.15) is 4.98 Å². The average molecular weight is 771 g/mol. The standard InChI is InChI=1S/C37H48F2N8O6S/c1-37(51)12-3-7-30(37)47-33-25(22-29(32(38)39)35(47)50)23-40-36(43-33)41-26-10-14-46(15-11-26)54(52,53)20-4-13-44-16-18-45(19-17-44)27-6-2-5-24(21-27)28-8-9-31(48)42-34(28)49/h2,5-6,21-23,26,28,30,32,51H,3-4,7-20H2,1H3,(H,40,41,43)(H,42,48,49)/t28?,30-,37-/m1/s1. The van der Waals surface area contributed by atoms with Gasteiger partial charge in [-0.3, -0.25) is 29.2 Å². The molecule has 7 rings (SSSR count). The molecule has 4 aliphatic rings. The molecule has 3 saturated heterocycles. The summed E-state index contributed by atoms with van der Waals surface area (Å²) in [5.41, 5.74) is -0.664. The summed E-state index contributed by atoms with van der Waals surface area (Å²) in [5, 5.41) is 16.9. The Morgan fingerprint density at radius 1 is 1.04 bits per heavy atom. The van der Waals surface area contributed by atoms with E-state index in [-0.39, 0.29) is 46.5 Å². The highest BCUT2D eigenvalue weighted by Gasteiger charge is 2.40. The number of halogens is 2. The van der Waals surface area contributed by atoms with Crippen LogP contribution in [0.4, 0.5) is 20.4 Å². The van der Waals surface area contributed by atoms with Gasteiger partial charge in [0.15, 0.2) is 0 Å². The number of piperazine rings is 1. The van der Waals surface area contributed by atoms with Crippen molar-refractivity contribution in [3.8, 4) is 0 Å². The first kappa shape index (κ1) is 38.2. The zero-order valence-electron chi connectivity index (χ0n) is 30.4. The monoisotopic (exact) mass is 770 g/mol. The minimum absolute atomic E-state index is 0.0518. The van der Waals surface area contributed by atoms with Crippen LogP contribution in [0.3, 0.4) is 0 Å². The lowest BCUT2D eigenvalue weighted by Gasteiger charge is -2.36. The molecule has 1 unspecified atom stereocenters. The topological polar surface area (TPSA) is 170 Å². The van der Waals surface area contributed by atoms with Crippen molar-refractivity contribution in [2.24, 2.45) is 0 Å². The second-order valence-electron chi connectivity index (χ2n) is 15.2. The predicted molar refractivity (Wildman–Crippen MR) is 199 cm³/mol. The molecule has 3 aromatic rings. The maximum Gasteiger partial charge on any atom is 0.269 e. The summed E-state index contributed by atoms with van der Waals surface area (Å²) >= 11 is 0. The number of hydrogen-bond acceptors (Lipinski definition) is 11. The molecule has 0 spiro atoms. The van der Waals surface area contributed by atoms with Crippen molar-refractivity contribution in [1.82, 2.24) is 29.1 Å². The van der Waals surface area contributed by atoms with E-state index in [0.29, 0.717) is 71.0 Å². The zero-order valence-corrected chi connectivity index (χ0v) is 31.2. The Labute approximate surface area is 313 Å². The highest BCUT2D eigenvalue weighted by molar-refractivity contribution is 7.89. The quantitative estimate of drug-likeness (QED) is 0.245. The number of amides is 2. The molecule has 14 nitrogen and oxygen atoms in total. The number of imide groups is 1. The van der Waals surface area contributed by atoms with Gasteiger partial charge in [0.2, 0.25) is 27.8 Å². The fourth-order valence-corrected chi connectivity index (χ4v) is 9.95. The lowest BCUT2D eigenvalue weighted by atomic mass is 9.90. The number of nitrogens with one attached hydrogen (secondary N) is 2. The number of alkyl halides is 2. The van der Waals surface area contributed by atoms with Gasteiger partial charge in [0, 0.05) is 69.0 Å². The summed E-state index contributed by atoms with van der Waals surface area (Å²) in [7, 11) is -3.47. The summed E-state index contributed by atoms with van der Waals surface area (Å²) < 4.78 is 57.0. The number of anilines is 2. The predicted octanol–water partition coefficient (Wildman–Crippen LogP) is 3.14. The van der Waals surface area contributed by atoms with Crippen LogP contribution >= 0.6 is 0 Å². The summed E-state index contributed by atoms with van der Waals surface area (Å²) in [6.07, 6.45) is 2.34. The lowest BCUT2D eigenvalue weighted by molar-refractivity contribution is -0.134. The van der Waals surface area contributed by atoms with Crippen molar-refractivity contribution in [3.05, 3.63) is 58.0 Å². The largest absolute Gasteiger partial charge is 0.388 e. The number of carbonyl (C=O) groups is 2. The number of sulfonamides is 1. The van der Waals surface area contributed by atoms with Crippen molar-refractivity contribution in [2.45, 2.75) is 88.3 Å². The van der Waals surface area contributed by atoms with Crippen molar-refractivity contribution < 1.29 is 31.9 Å². The molecule has 17 heteroatoms. The third-order valence-electron chi connectivity index (χ3n) is 11.5. The van der Waals surface area contributed by atoms with Crippen LogP contribution in [-0.4, -0.2) is 112 Å². The molecule has 3 N–H and O–H groups in total.